The van der Waals surface area contributed by atoms with Crippen molar-refractivity contribution in [3.63, 3.8) is 0 Å². The summed E-state index contributed by atoms with van der Waals surface area (Å²) in [5, 5.41) is 7.05. The number of Topliss-reactive ketones (excluding diaryl/α,β-unsaturated/α-hetero) is 1. The fourth-order valence-corrected chi connectivity index (χ4v) is 4.46. The quantitative estimate of drug-likeness (QED) is 0.421. The van der Waals surface area contributed by atoms with Crippen molar-refractivity contribution in [3.05, 3.63) is 30.0 Å². The van der Waals surface area contributed by atoms with Crippen molar-refractivity contribution < 1.29 is 28.6 Å². The molecule has 12 nitrogen and oxygen atoms in total. The van der Waals surface area contributed by atoms with E-state index < -0.39 is 5.92 Å². The molecule has 0 spiro atoms. The minimum Gasteiger partial charge on any atom is -0.466 e. The molecule has 0 radical (unpaired) electrons. The van der Waals surface area contributed by atoms with Crippen molar-refractivity contribution in [3.8, 4) is 28.9 Å². The number of amides is 2. The first-order valence-electron chi connectivity index (χ1n) is 12.2. The molecular weight excluding hydrogens is 480 g/mol. The van der Waals surface area contributed by atoms with Crippen LogP contribution in [0.15, 0.2) is 24.3 Å². The number of rotatable bonds is 9. The Bertz CT molecular complexity index is 1360. The van der Waals surface area contributed by atoms with E-state index in [2.05, 4.69) is 20.4 Å². The van der Waals surface area contributed by atoms with E-state index in [0.717, 1.165) is 12.8 Å². The van der Waals surface area contributed by atoms with Crippen molar-refractivity contribution in [2.24, 2.45) is 13.0 Å². The van der Waals surface area contributed by atoms with Crippen LogP contribution in [0.2, 0.25) is 0 Å². The molecule has 2 N–H and O–H groups in total. The van der Waals surface area contributed by atoms with E-state index in [1.165, 1.54) is 4.68 Å². The summed E-state index contributed by atoms with van der Waals surface area (Å²) in [5.41, 5.74) is 1.43. The van der Waals surface area contributed by atoms with Gasteiger partial charge >= 0.3 is 0 Å². The van der Waals surface area contributed by atoms with Crippen LogP contribution in [0.1, 0.15) is 43.6 Å². The lowest BCUT2D eigenvalue weighted by atomic mass is 9.91. The summed E-state index contributed by atoms with van der Waals surface area (Å²) >= 11 is 0. The molecule has 0 saturated carbocycles. The first-order valence-corrected chi connectivity index (χ1v) is 12.2. The predicted molar refractivity (Wildman–Crippen MR) is 133 cm³/mol. The Kier molecular flexibility index (Phi) is 6.55. The van der Waals surface area contributed by atoms with Crippen LogP contribution in [0.3, 0.4) is 0 Å². The molecule has 4 heterocycles. The smallest absolute Gasteiger partial charge is 0.262 e. The zero-order chi connectivity index (χ0) is 26.1. The molecule has 0 saturated heterocycles. The number of aryl methyl sites for hydroxylation is 1. The van der Waals surface area contributed by atoms with Gasteiger partial charge in [0.2, 0.25) is 18.6 Å². The number of aromatic amines is 1. The summed E-state index contributed by atoms with van der Waals surface area (Å²) in [6.45, 7) is 4.28. The van der Waals surface area contributed by atoms with E-state index in [-0.39, 0.29) is 36.9 Å². The number of hydrogen-bond donors (Lipinski definition) is 2. The number of fused-ring (bicyclic) bond motifs is 2. The number of carbonyl (C=O) groups excluding carboxylic acids is 3. The van der Waals surface area contributed by atoms with Crippen LogP contribution in [0.4, 0.5) is 11.5 Å². The van der Waals surface area contributed by atoms with Gasteiger partial charge in [-0.2, -0.15) is 0 Å². The molecule has 37 heavy (non-hydrogen) atoms. The second-order valence-corrected chi connectivity index (χ2v) is 8.88. The van der Waals surface area contributed by atoms with Gasteiger partial charge in [-0.1, -0.05) is 20.3 Å². The molecule has 5 rings (SSSR count). The molecule has 1 unspecified atom stereocenters. The summed E-state index contributed by atoms with van der Waals surface area (Å²) in [4.78, 5) is 47.7. The maximum atomic E-state index is 13.1. The third kappa shape index (κ3) is 4.61. The number of imidazole rings is 1. The second-order valence-electron chi connectivity index (χ2n) is 8.88. The molecule has 1 atom stereocenters. The number of aromatic nitrogens is 4. The average Bonchev–Trinajstić information content (AvgIpc) is 3.61. The van der Waals surface area contributed by atoms with Gasteiger partial charge in [-0.15, -0.1) is 5.10 Å². The SMILES string of the molecule is CCCC1C(=O)c2[nH]c(-c3cc(OCC(=O)Nc4ccc5c(c4)OCO5)nn3C)nc2N(CCC)C1=O. The molecule has 194 valence electrons. The van der Waals surface area contributed by atoms with Crippen LogP contribution >= 0.6 is 0 Å². The monoisotopic (exact) mass is 508 g/mol. The third-order valence-corrected chi connectivity index (χ3v) is 6.20. The lowest BCUT2D eigenvalue weighted by Gasteiger charge is -2.29. The lowest BCUT2D eigenvalue weighted by Crippen LogP contribution is -2.45. The van der Waals surface area contributed by atoms with E-state index in [1.807, 2.05) is 13.8 Å². The Morgan fingerprint density at radius 1 is 1.19 bits per heavy atom. The average molecular weight is 509 g/mol. The lowest BCUT2D eigenvalue weighted by molar-refractivity contribution is -0.121. The second kappa shape index (κ2) is 9.96. The van der Waals surface area contributed by atoms with Crippen LogP contribution in [-0.4, -0.2) is 57.3 Å². The van der Waals surface area contributed by atoms with Gasteiger partial charge in [-0.25, -0.2) is 4.98 Å². The van der Waals surface area contributed by atoms with E-state index >= 15 is 0 Å². The molecule has 0 bridgehead atoms. The Morgan fingerprint density at radius 3 is 2.78 bits per heavy atom. The van der Waals surface area contributed by atoms with Gasteiger partial charge in [-0.05, 0) is 25.0 Å². The van der Waals surface area contributed by atoms with E-state index in [4.69, 9.17) is 14.2 Å². The van der Waals surface area contributed by atoms with Crippen LogP contribution in [0.5, 0.6) is 17.4 Å². The highest BCUT2D eigenvalue weighted by Gasteiger charge is 2.41. The molecule has 0 fully saturated rings. The first-order chi connectivity index (χ1) is 17.9. The van der Waals surface area contributed by atoms with E-state index in [9.17, 15) is 14.4 Å². The molecule has 2 aromatic heterocycles. The molecule has 3 aromatic rings. The van der Waals surface area contributed by atoms with Gasteiger partial charge in [0, 0.05) is 31.4 Å². The van der Waals surface area contributed by atoms with Gasteiger partial charge in [0.1, 0.15) is 17.3 Å². The van der Waals surface area contributed by atoms with Gasteiger partial charge in [-0.3, -0.25) is 24.0 Å². The number of nitrogens with one attached hydrogen (secondary N) is 2. The summed E-state index contributed by atoms with van der Waals surface area (Å²) < 4.78 is 17.7. The highest BCUT2D eigenvalue weighted by Crippen LogP contribution is 2.35. The van der Waals surface area contributed by atoms with Crippen molar-refractivity contribution in [2.45, 2.75) is 33.1 Å². The van der Waals surface area contributed by atoms with E-state index in [0.29, 0.717) is 53.2 Å². The number of ketones is 1. The molecule has 1 aromatic carbocycles. The Hall–Kier alpha value is -4.35. The number of hydrogen-bond acceptors (Lipinski definition) is 8. The highest BCUT2D eigenvalue weighted by atomic mass is 16.7. The standard InChI is InChI=1S/C25H28N6O6/c1-4-6-15-22(33)21-24(31(9-5-2)25(15)34)28-23(27-21)16-11-20(29-30(16)3)35-12-19(32)26-14-7-8-17-18(10-14)37-13-36-17/h7-8,10-11,15H,4-6,9,12-13H2,1-3H3,(H,26,32)(H,27,28). The predicted octanol–water partition coefficient (Wildman–Crippen LogP) is 2.91. The van der Waals surface area contributed by atoms with Crippen LogP contribution < -0.4 is 24.4 Å². The fourth-order valence-electron chi connectivity index (χ4n) is 4.46. The summed E-state index contributed by atoms with van der Waals surface area (Å²) in [6.07, 6.45) is 1.95. The topological polar surface area (TPSA) is 141 Å². The summed E-state index contributed by atoms with van der Waals surface area (Å²) in [5.74, 6) is 0.599. The zero-order valence-corrected chi connectivity index (χ0v) is 20.9. The minimum atomic E-state index is -0.703. The third-order valence-electron chi connectivity index (χ3n) is 6.20. The van der Waals surface area contributed by atoms with Crippen LogP contribution in [0.25, 0.3) is 11.5 Å². The van der Waals surface area contributed by atoms with Gasteiger partial charge < -0.3 is 24.5 Å². The molecule has 2 aliphatic heterocycles. The molecule has 12 heteroatoms. The van der Waals surface area contributed by atoms with Crippen LogP contribution in [-0.2, 0) is 16.6 Å². The van der Waals surface area contributed by atoms with Gasteiger partial charge in [0.25, 0.3) is 5.91 Å². The van der Waals surface area contributed by atoms with Crippen molar-refractivity contribution in [1.29, 1.82) is 0 Å². The number of H-pyrrole nitrogens is 1. The van der Waals surface area contributed by atoms with Crippen LogP contribution in [0, 0.1) is 5.92 Å². The van der Waals surface area contributed by atoms with Crippen molar-refractivity contribution in [1.82, 2.24) is 19.7 Å². The highest BCUT2D eigenvalue weighted by molar-refractivity contribution is 6.20. The van der Waals surface area contributed by atoms with Gasteiger partial charge in [0.05, 0.1) is 0 Å². The molecule has 2 amide bonds. The molecular formula is C25H28N6O6. The maximum Gasteiger partial charge on any atom is 0.262 e. The largest absolute Gasteiger partial charge is 0.466 e. The minimum absolute atomic E-state index is 0.150. The molecule has 2 aliphatic rings. The Labute approximate surface area is 212 Å². The number of nitrogens with zero attached hydrogens (tertiary/aromatic N) is 4. The first kappa shape index (κ1) is 24.3. The Morgan fingerprint density at radius 2 is 2.00 bits per heavy atom. The number of anilines is 2. The van der Waals surface area contributed by atoms with Crippen molar-refractivity contribution in [2.75, 3.05) is 30.2 Å². The van der Waals surface area contributed by atoms with Crippen molar-refractivity contribution >= 4 is 29.1 Å². The maximum absolute atomic E-state index is 13.1. The Balaban J connectivity index is 1.30. The van der Waals surface area contributed by atoms with Gasteiger partial charge in [0.15, 0.2) is 35.5 Å². The fraction of sp³-hybridized carbons (Fsp3) is 0.400. The number of carbonyl (C=O) groups is 3. The zero-order valence-electron chi connectivity index (χ0n) is 20.9. The number of benzene rings is 1. The molecule has 0 aliphatic carbocycles. The summed E-state index contributed by atoms with van der Waals surface area (Å²) in [6, 6.07) is 6.73. The normalized spacial score (nSPS) is 16.2. The summed E-state index contributed by atoms with van der Waals surface area (Å²) in [7, 11) is 1.70. The number of ether oxygens (including phenoxy) is 3. The van der Waals surface area contributed by atoms with E-state index in [1.54, 1.807) is 36.2 Å².